The zero-order valence-corrected chi connectivity index (χ0v) is 12.4. The van der Waals surface area contributed by atoms with Crippen LogP contribution < -0.4 is 10.5 Å². The number of aromatic nitrogens is 1. The molecule has 0 bridgehead atoms. The average Bonchev–Trinajstić information content (AvgIpc) is 2.50. The third-order valence-electron chi connectivity index (χ3n) is 3.02. The summed E-state index contributed by atoms with van der Waals surface area (Å²) >= 11 is 0. The Bertz CT molecular complexity index is 737. The lowest BCUT2D eigenvalue weighted by atomic mass is 10.2. The van der Waals surface area contributed by atoms with Gasteiger partial charge < -0.3 is 4.42 Å². The SMILES string of the molecule is CCCC(=O)N(C(C)=O)c1ccc(-c2cccnc2)oc1=O. The first-order valence-electron chi connectivity index (χ1n) is 6.92. The fraction of sp³-hybridized carbons (Fsp3) is 0.250. The number of rotatable bonds is 4. The lowest BCUT2D eigenvalue weighted by molar-refractivity contribution is -0.125. The molecular formula is C16H16N2O4. The summed E-state index contributed by atoms with van der Waals surface area (Å²) in [4.78, 5) is 40.6. The van der Waals surface area contributed by atoms with Crippen LogP contribution >= 0.6 is 0 Å². The van der Waals surface area contributed by atoms with Gasteiger partial charge in [-0.25, -0.2) is 9.69 Å². The summed E-state index contributed by atoms with van der Waals surface area (Å²) in [6.07, 6.45) is 3.94. The molecule has 2 amide bonds. The van der Waals surface area contributed by atoms with Crippen LogP contribution in [0.1, 0.15) is 26.7 Å². The zero-order chi connectivity index (χ0) is 16.1. The molecule has 0 aliphatic carbocycles. The van der Waals surface area contributed by atoms with Gasteiger partial charge in [0, 0.05) is 31.3 Å². The molecule has 2 aromatic heterocycles. The van der Waals surface area contributed by atoms with Crippen molar-refractivity contribution in [3.05, 3.63) is 47.1 Å². The topological polar surface area (TPSA) is 80.5 Å². The molecule has 0 atom stereocenters. The van der Waals surface area contributed by atoms with Crippen LogP contribution in [0.4, 0.5) is 5.69 Å². The number of hydrogen-bond acceptors (Lipinski definition) is 5. The van der Waals surface area contributed by atoms with Crippen LogP contribution in [0.3, 0.4) is 0 Å². The predicted octanol–water partition coefficient (Wildman–Crippen LogP) is 2.38. The van der Waals surface area contributed by atoms with Crippen LogP contribution in [0.2, 0.25) is 0 Å². The van der Waals surface area contributed by atoms with E-state index in [9.17, 15) is 14.4 Å². The van der Waals surface area contributed by atoms with E-state index in [4.69, 9.17) is 4.42 Å². The summed E-state index contributed by atoms with van der Waals surface area (Å²) in [5.41, 5.74) is -0.167. The molecule has 0 unspecified atom stereocenters. The van der Waals surface area contributed by atoms with E-state index in [1.165, 1.54) is 13.0 Å². The highest BCUT2D eigenvalue weighted by molar-refractivity contribution is 6.13. The molecule has 6 nitrogen and oxygen atoms in total. The maximum atomic E-state index is 12.1. The molecule has 114 valence electrons. The molecule has 0 aliphatic rings. The first-order chi connectivity index (χ1) is 10.5. The number of imide groups is 1. The van der Waals surface area contributed by atoms with Gasteiger partial charge in [0.15, 0.2) is 0 Å². The van der Waals surface area contributed by atoms with Gasteiger partial charge in [0.25, 0.3) is 0 Å². The molecule has 2 aromatic rings. The second-order valence-electron chi connectivity index (χ2n) is 4.71. The zero-order valence-electron chi connectivity index (χ0n) is 12.4. The Morgan fingerprint density at radius 2 is 2.05 bits per heavy atom. The van der Waals surface area contributed by atoms with E-state index in [1.807, 2.05) is 6.92 Å². The van der Waals surface area contributed by atoms with Crippen molar-refractivity contribution in [2.45, 2.75) is 26.7 Å². The van der Waals surface area contributed by atoms with Gasteiger partial charge >= 0.3 is 5.63 Å². The van der Waals surface area contributed by atoms with Crippen LogP contribution in [0.15, 0.2) is 45.9 Å². The van der Waals surface area contributed by atoms with Gasteiger partial charge in [-0.3, -0.25) is 14.6 Å². The van der Waals surface area contributed by atoms with Crippen LogP contribution in [-0.4, -0.2) is 16.8 Å². The summed E-state index contributed by atoms with van der Waals surface area (Å²) in [7, 11) is 0. The van der Waals surface area contributed by atoms with Crippen molar-refractivity contribution in [2.75, 3.05) is 4.90 Å². The Morgan fingerprint density at radius 3 is 2.59 bits per heavy atom. The molecule has 22 heavy (non-hydrogen) atoms. The maximum absolute atomic E-state index is 12.1. The largest absolute Gasteiger partial charge is 0.421 e. The van der Waals surface area contributed by atoms with Crippen molar-refractivity contribution >= 4 is 17.5 Å². The molecular weight excluding hydrogens is 284 g/mol. The van der Waals surface area contributed by atoms with Gasteiger partial charge in [-0.2, -0.15) is 0 Å². The molecule has 0 N–H and O–H groups in total. The van der Waals surface area contributed by atoms with E-state index in [-0.39, 0.29) is 12.1 Å². The number of amides is 2. The quantitative estimate of drug-likeness (QED) is 0.866. The van der Waals surface area contributed by atoms with E-state index < -0.39 is 17.4 Å². The number of carbonyl (C=O) groups is 2. The third kappa shape index (κ3) is 3.28. The predicted molar refractivity (Wildman–Crippen MR) is 81.3 cm³/mol. The molecule has 0 fully saturated rings. The summed E-state index contributed by atoms with van der Waals surface area (Å²) in [5, 5.41) is 0. The third-order valence-corrected chi connectivity index (χ3v) is 3.02. The number of anilines is 1. The number of carbonyl (C=O) groups excluding carboxylic acids is 2. The lowest BCUT2D eigenvalue weighted by Crippen LogP contribution is -2.37. The Hall–Kier alpha value is -2.76. The summed E-state index contributed by atoms with van der Waals surface area (Å²) in [5.74, 6) is -0.607. The van der Waals surface area contributed by atoms with Crippen LogP contribution in [-0.2, 0) is 9.59 Å². The number of nitrogens with zero attached hydrogens (tertiary/aromatic N) is 2. The molecule has 0 radical (unpaired) electrons. The summed E-state index contributed by atoms with van der Waals surface area (Å²) in [6, 6.07) is 6.43. The van der Waals surface area contributed by atoms with Gasteiger partial charge in [0.05, 0.1) is 0 Å². The minimum atomic E-state index is -0.735. The van der Waals surface area contributed by atoms with Crippen molar-refractivity contribution in [1.82, 2.24) is 4.98 Å². The molecule has 2 rings (SSSR count). The van der Waals surface area contributed by atoms with Gasteiger partial charge in [-0.05, 0) is 30.7 Å². The molecule has 0 spiro atoms. The molecule has 0 aromatic carbocycles. The second-order valence-corrected chi connectivity index (χ2v) is 4.71. The normalized spacial score (nSPS) is 10.3. The van der Waals surface area contributed by atoms with Crippen molar-refractivity contribution in [3.8, 4) is 11.3 Å². The van der Waals surface area contributed by atoms with Crippen LogP contribution in [0.5, 0.6) is 0 Å². The molecule has 2 heterocycles. The number of hydrogen-bond donors (Lipinski definition) is 0. The molecule has 0 saturated carbocycles. The Morgan fingerprint density at radius 1 is 1.27 bits per heavy atom. The van der Waals surface area contributed by atoms with Gasteiger partial charge in [0.1, 0.15) is 11.4 Å². The van der Waals surface area contributed by atoms with Crippen LogP contribution in [0, 0.1) is 0 Å². The fourth-order valence-corrected chi connectivity index (χ4v) is 2.04. The second kappa shape index (κ2) is 6.80. The van der Waals surface area contributed by atoms with Crippen molar-refractivity contribution in [2.24, 2.45) is 0 Å². The van der Waals surface area contributed by atoms with Gasteiger partial charge in [0.2, 0.25) is 11.8 Å². The molecule has 0 saturated heterocycles. The first kappa shape index (κ1) is 15.6. The van der Waals surface area contributed by atoms with E-state index in [0.717, 1.165) is 4.90 Å². The summed E-state index contributed by atoms with van der Waals surface area (Å²) < 4.78 is 5.21. The van der Waals surface area contributed by atoms with Crippen LogP contribution in [0.25, 0.3) is 11.3 Å². The highest BCUT2D eigenvalue weighted by atomic mass is 16.4. The van der Waals surface area contributed by atoms with E-state index in [0.29, 0.717) is 17.7 Å². The lowest BCUT2D eigenvalue weighted by Gasteiger charge is -2.17. The maximum Gasteiger partial charge on any atom is 0.360 e. The van der Waals surface area contributed by atoms with E-state index in [2.05, 4.69) is 4.98 Å². The van der Waals surface area contributed by atoms with Gasteiger partial charge in [-0.15, -0.1) is 0 Å². The average molecular weight is 300 g/mol. The minimum Gasteiger partial charge on any atom is -0.421 e. The fourth-order valence-electron chi connectivity index (χ4n) is 2.04. The Labute approximate surface area is 127 Å². The highest BCUT2D eigenvalue weighted by Crippen LogP contribution is 2.19. The van der Waals surface area contributed by atoms with E-state index in [1.54, 1.807) is 30.6 Å². The highest BCUT2D eigenvalue weighted by Gasteiger charge is 2.23. The standard InChI is InChI=1S/C16H16N2O4/c1-3-5-15(20)18(11(2)19)13-7-8-14(22-16(13)21)12-6-4-9-17-10-12/h4,6-10H,3,5H2,1-2H3. The van der Waals surface area contributed by atoms with Gasteiger partial charge in [-0.1, -0.05) is 6.92 Å². The smallest absolute Gasteiger partial charge is 0.360 e. The molecule has 0 aliphatic heterocycles. The van der Waals surface area contributed by atoms with Crippen molar-refractivity contribution in [1.29, 1.82) is 0 Å². The minimum absolute atomic E-state index is 0.0707. The summed E-state index contributed by atoms with van der Waals surface area (Å²) in [6.45, 7) is 3.06. The Balaban J connectivity index is 2.42. The first-order valence-corrected chi connectivity index (χ1v) is 6.92. The number of pyridine rings is 1. The molecule has 6 heteroatoms. The Kier molecular flexibility index (Phi) is 4.83. The monoisotopic (exact) mass is 300 g/mol. The van der Waals surface area contributed by atoms with Crippen molar-refractivity contribution < 1.29 is 14.0 Å². The van der Waals surface area contributed by atoms with Crippen molar-refractivity contribution in [3.63, 3.8) is 0 Å². The van der Waals surface area contributed by atoms with E-state index >= 15 is 0 Å².